The zero-order valence-corrected chi connectivity index (χ0v) is 4.35. The van der Waals surface area contributed by atoms with Crippen LogP contribution in [0, 0.1) is 0 Å². The van der Waals surface area contributed by atoms with Crippen molar-refractivity contribution in [1.29, 1.82) is 0 Å². The van der Waals surface area contributed by atoms with Gasteiger partial charge in [0.05, 0.1) is 6.61 Å². The van der Waals surface area contributed by atoms with Gasteiger partial charge in [-0.25, -0.2) is 5.90 Å². The number of nitrogens with two attached hydrogens (primary N) is 2. The van der Waals surface area contributed by atoms with Gasteiger partial charge in [0.1, 0.15) is 0 Å². The van der Waals surface area contributed by atoms with E-state index >= 15 is 0 Å². The van der Waals surface area contributed by atoms with E-state index in [1.807, 2.05) is 6.92 Å². The molecule has 0 bridgehead atoms. The fourth-order valence-electron chi connectivity index (χ4n) is 0.192. The second-order valence-electron chi connectivity index (χ2n) is 1.40. The maximum atomic E-state index is 4.97. The van der Waals surface area contributed by atoms with E-state index in [1.54, 1.807) is 0 Å². The van der Waals surface area contributed by atoms with Gasteiger partial charge >= 0.3 is 0 Å². The molecule has 0 aliphatic carbocycles. The summed E-state index contributed by atoms with van der Waals surface area (Å²) in [6, 6.07) is 0.130. The second-order valence-corrected chi connectivity index (χ2v) is 1.40. The largest absolute Gasteiger partial charge is 0.303 e. The fraction of sp³-hybridized carbons (Fsp3) is 1.00. The van der Waals surface area contributed by atoms with E-state index in [2.05, 4.69) is 10.3 Å². The number of hydrogen-bond donors (Lipinski definition) is 3. The summed E-state index contributed by atoms with van der Waals surface area (Å²) in [6.07, 6.45) is 0. The van der Waals surface area contributed by atoms with Gasteiger partial charge in [0.25, 0.3) is 0 Å². The van der Waals surface area contributed by atoms with Crippen molar-refractivity contribution < 1.29 is 4.84 Å². The molecule has 7 heavy (non-hydrogen) atoms. The summed E-state index contributed by atoms with van der Waals surface area (Å²) in [7, 11) is 0. The lowest BCUT2D eigenvalue weighted by Gasteiger charge is -2.04. The highest BCUT2D eigenvalue weighted by Gasteiger charge is 1.92. The summed E-state index contributed by atoms with van der Waals surface area (Å²) in [5, 5.41) is 0. The van der Waals surface area contributed by atoms with Crippen molar-refractivity contribution in [2.75, 3.05) is 6.61 Å². The van der Waals surface area contributed by atoms with E-state index in [9.17, 15) is 0 Å². The Balaban J connectivity index is 2.83. The Morgan fingerprint density at radius 2 is 2.43 bits per heavy atom. The first-order chi connectivity index (χ1) is 3.31. The van der Waals surface area contributed by atoms with Crippen LogP contribution < -0.4 is 17.2 Å². The molecule has 1 unspecified atom stereocenters. The van der Waals surface area contributed by atoms with E-state index in [4.69, 9.17) is 11.7 Å². The van der Waals surface area contributed by atoms with E-state index in [1.165, 1.54) is 0 Å². The smallest absolute Gasteiger partial charge is 0.0843 e. The lowest BCUT2D eigenvalue weighted by Crippen LogP contribution is -2.36. The van der Waals surface area contributed by atoms with Crippen molar-refractivity contribution in [3.63, 3.8) is 0 Å². The molecule has 4 nitrogen and oxygen atoms in total. The number of hydrogen-bond acceptors (Lipinski definition) is 4. The lowest BCUT2D eigenvalue weighted by molar-refractivity contribution is 0.118. The highest BCUT2D eigenvalue weighted by atomic mass is 16.6. The van der Waals surface area contributed by atoms with Crippen LogP contribution in [-0.4, -0.2) is 12.6 Å². The molecule has 0 spiro atoms. The number of hydrazine groups is 1. The van der Waals surface area contributed by atoms with Crippen molar-refractivity contribution in [2.24, 2.45) is 11.7 Å². The minimum Gasteiger partial charge on any atom is -0.303 e. The molecule has 1 atom stereocenters. The van der Waals surface area contributed by atoms with Crippen molar-refractivity contribution in [3.05, 3.63) is 0 Å². The Labute approximate surface area is 42.7 Å². The van der Waals surface area contributed by atoms with Gasteiger partial charge < -0.3 is 4.84 Å². The topological polar surface area (TPSA) is 73.3 Å². The first-order valence-corrected chi connectivity index (χ1v) is 2.09. The normalized spacial score (nSPS) is 14.1. The Hall–Kier alpha value is -0.160. The van der Waals surface area contributed by atoms with Crippen LogP contribution in [0.15, 0.2) is 0 Å². The second kappa shape index (κ2) is 4.01. The van der Waals surface area contributed by atoms with E-state index in [0.717, 1.165) is 0 Å². The third kappa shape index (κ3) is 3.68. The molecule has 0 saturated heterocycles. The predicted octanol–water partition coefficient (Wildman–Crippen LogP) is -1.27. The average molecular weight is 105 g/mol. The van der Waals surface area contributed by atoms with Crippen molar-refractivity contribution in [2.45, 2.75) is 13.0 Å². The quantitative estimate of drug-likeness (QED) is 0.309. The molecule has 0 radical (unpaired) electrons. The molecule has 0 aliphatic rings. The lowest BCUT2D eigenvalue weighted by atomic mass is 10.4. The predicted molar refractivity (Wildman–Crippen MR) is 26.9 cm³/mol. The van der Waals surface area contributed by atoms with Gasteiger partial charge in [0.2, 0.25) is 0 Å². The molecular formula is C3H11N3O. The molecule has 0 heterocycles. The maximum absolute atomic E-state index is 4.97. The van der Waals surface area contributed by atoms with Gasteiger partial charge in [0.15, 0.2) is 0 Å². The Morgan fingerprint density at radius 3 is 2.57 bits per heavy atom. The van der Waals surface area contributed by atoms with Crippen LogP contribution in [0.4, 0.5) is 0 Å². The first kappa shape index (κ1) is 6.84. The monoisotopic (exact) mass is 105 g/mol. The van der Waals surface area contributed by atoms with E-state index in [-0.39, 0.29) is 6.04 Å². The van der Waals surface area contributed by atoms with Crippen LogP contribution in [0.3, 0.4) is 0 Å². The van der Waals surface area contributed by atoms with Crippen molar-refractivity contribution >= 4 is 0 Å². The summed E-state index contributed by atoms with van der Waals surface area (Å²) < 4.78 is 0. The van der Waals surface area contributed by atoms with Gasteiger partial charge in [-0.05, 0) is 6.92 Å². The molecule has 0 aromatic heterocycles. The number of nitrogens with one attached hydrogen (secondary N) is 1. The minimum absolute atomic E-state index is 0.130. The standard InChI is InChI=1S/C3H11N3O/c1-3(6-4)2-7-5/h3,6H,2,4-5H2,1H3. The fourth-order valence-corrected chi connectivity index (χ4v) is 0.192. The first-order valence-electron chi connectivity index (χ1n) is 2.09. The summed E-state index contributed by atoms with van der Waals surface area (Å²) in [4.78, 5) is 4.25. The Morgan fingerprint density at radius 1 is 1.86 bits per heavy atom. The summed E-state index contributed by atoms with van der Waals surface area (Å²) in [5.41, 5.74) is 2.46. The molecule has 0 rings (SSSR count). The molecular weight excluding hydrogens is 94.1 g/mol. The average Bonchev–Trinajstić information content (AvgIpc) is 1.68. The zero-order chi connectivity index (χ0) is 5.70. The molecule has 0 aromatic carbocycles. The van der Waals surface area contributed by atoms with Crippen LogP contribution >= 0.6 is 0 Å². The third-order valence-corrected chi connectivity index (χ3v) is 0.631. The van der Waals surface area contributed by atoms with E-state index < -0.39 is 0 Å². The molecule has 0 fully saturated rings. The molecule has 5 N–H and O–H groups in total. The summed E-state index contributed by atoms with van der Waals surface area (Å²) in [6.45, 7) is 2.31. The van der Waals surface area contributed by atoms with Gasteiger partial charge in [0, 0.05) is 6.04 Å². The molecule has 0 aliphatic heterocycles. The van der Waals surface area contributed by atoms with Gasteiger partial charge in [-0.3, -0.25) is 11.3 Å². The maximum Gasteiger partial charge on any atom is 0.0843 e. The Kier molecular flexibility index (Phi) is 3.92. The van der Waals surface area contributed by atoms with Crippen LogP contribution in [0.2, 0.25) is 0 Å². The minimum atomic E-state index is 0.130. The molecule has 0 saturated carbocycles. The highest BCUT2D eigenvalue weighted by Crippen LogP contribution is 1.73. The van der Waals surface area contributed by atoms with Crippen molar-refractivity contribution in [3.8, 4) is 0 Å². The molecule has 44 valence electrons. The van der Waals surface area contributed by atoms with Gasteiger partial charge in [-0.2, -0.15) is 0 Å². The third-order valence-electron chi connectivity index (χ3n) is 0.631. The van der Waals surface area contributed by atoms with Crippen LogP contribution in [0.5, 0.6) is 0 Å². The van der Waals surface area contributed by atoms with Crippen LogP contribution in [0.25, 0.3) is 0 Å². The SMILES string of the molecule is CC(CON)NN. The summed E-state index contributed by atoms with van der Waals surface area (Å²) >= 11 is 0. The summed E-state index contributed by atoms with van der Waals surface area (Å²) in [5.74, 6) is 9.68. The van der Waals surface area contributed by atoms with E-state index in [0.29, 0.717) is 6.61 Å². The van der Waals surface area contributed by atoms with Crippen LogP contribution in [0.1, 0.15) is 6.92 Å². The highest BCUT2D eigenvalue weighted by molar-refractivity contribution is 4.49. The number of rotatable bonds is 3. The zero-order valence-electron chi connectivity index (χ0n) is 4.35. The molecule has 0 aromatic rings. The molecule has 4 heteroatoms. The van der Waals surface area contributed by atoms with Crippen LogP contribution in [-0.2, 0) is 4.84 Å². The van der Waals surface area contributed by atoms with Crippen molar-refractivity contribution in [1.82, 2.24) is 5.43 Å². The van der Waals surface area contributed by atoms with Gasteiger partial charge in [-0.1, -0.05) is 0 Å². The van der Waals surface area contributed by atoms with Gasteiger partial charge in [-0.15, -0.1) is 0 Å². The Bertz CT molecular complexity index is 41.2. The molecule has 0 amide bonds.